The number of nitrogens with zero attached hydrogens (tertiary/aromatic N) is 2. The summed E-state index contributed by atoms with van der Waals surface area (Å²) in [6.45, 7) is 2.59. The number of likely N-dealkylation sites (tertiary alicyclic amines) is 1. The van der Waals surface area contributed by atoms with E-state index in [1.54, 1.807) is 31.2 Å². The van der Waals surface area contributed by atoms with Gasteiger partial charge in [-0.05, 0) is 88.2 Å². The van der Waals surface area contributed by atoms with Gasteiger partial charge in [0.05, 0.1) is 5.92 Å². The van der Waals surface area contributed by atoms with Gasteiger partial charge >= 0.3 is 5.97 Å². The molecule has 188 valence electrons. The van der Waals surface area contributed by atoms with E-state index in [1.807, 2.05) is 4.90 Å². The van der Waals surface area contributed by atoms with Crippen LogP contribution in [0.25, 0.3) is 0 Å². The van der Waals surface area contributed by atoms with Crippen LogP contribution in [0, 0.1) is 23.7 Å². The van der Waals surface area contributed by atoms with E-state index in [0.29, 0.717) is 30.9 Å². The highest BCUT2D eigenvalue weighted by Gasteiger charge is 2.52. The Morgan fingerprint density at radius 1 is 1.11 bits per heavy atom. The number of sulfonamides is 1. The molecule has 1 aromatic rings. The van der Waals surface area contributed by atoms with Gasteiger partial charge in [0, 0.05) is 24.2 Å². The standard InChI is InChI=1S/C26H33N3O5S/c1-16(24(30)27-26-12-17-9-18(13-26)11-19(10-17)14-26)34-25(31)20-5-4-8-29(15-20)23-21-6-2-3-7-22(21)35(32,33)28-23/h2-3,6-7,16-20H,4-5,8-15H2,1H3,(H,27,30)/t16-,17?,18?,19?,20-,26?/m0/s1. The van der Waals surface area contributed by atoms with Crippen molar-refractivity contribution in [3.8, 4) is 0 Å². The molecule has 2 heterocycles. The molecule has 4 saturated carbocycles. The van der Waals surface area contributed by atoms with E-state index in [9.17, 15) is 18.0 Å². The average Bonchev–Trinajstić information content (AvgIpc) is 3.09. The Balaban J connectivity index is 1.09. The first-order valence-corrected chi connectivity index (χ1v) is 14.4. The van der Waals surface area contributed by atoms with E-state index in [1.165, 1.54) is 19.3 Å². The molecule has 7 rings (SSSR count). The summed E-state index contributed by atoms with van der Waals surface area (Å²) < 4.78 is 34.6. The maximum Gasteiger partial charge on any atom is 0.311 e. The Labute approximate surface area is 206 Å². The van der Waals surface area contributed by atoms with Crippen LogP contribution in [0.3, 0.4) is 0 Å². The number of piperidine rings is 1. The third-order valence-electron chi connectivity index (χ3n) is 8.76. The van der Waals surface area contributed by atoms with Crippen LogP contribution in [-0.4, -0.2) is 55.8 Å². The van der Waals surface area contributed by atoms with Gasteiger partial charge in [-0.2, -0.15) is 8.42 Å². The number of hydrogen-bond acceptors (Lipinski definition) is 6. The Morgan fingerprint density at radius 2 is 1.77 bits per heavy atom. The molecular weight excluding hydrogens is 466 g/mol. The molecule has 1 N–H and O–H groups in total. The van der Waals surface area contributed by atoms with E-state index in [-0.39, 0.29) is 16.3 Å². The van der Waals surface area contributed by atoms with Crippen LogP contribution in [0.1, 0.15) is 63.9 Å². The number of carbonyl (C=O) groups excluding carboxylic acids is 2. The number of benzene rings is 1. The highest BCUT2D eigenvalue weighted by atomic mass is 32.2. The minimum absolute atomic E-state index is 0.117. The van der Waals surface area contributed by atoms with E-state index < -0.39 is 28.0 Å². The second-order valence-electron chi connectivity index (χ2n) is 11.4. The lowest BCUT2D eigenvalue weighted by molar-refractivity contribution is -0.161. The van der Waals surface area contributed by atoms with E-state index in [4.69, 9.17) is 4.74 Å². The van der Waals surface area contributed by atoms with Crippen LogP contribution in [0.4, 0.5) is 0 Å². The molecule has 5 fully saturated rings. The number of carbonyl (C=O) groups is 2. The van der Waals surface area contributed by atoms with Gasteiger partial charge in [-0.1, -0.05) is 12.1 Å². The first kappa shape index (κ1) is 23.0. The highest BCUT2D eigenvalue weighted by Crippen LogP contribution is 2.55. The van der Waals surface area contributed by atoms with Crippen LogP contribution in [-0.2, 0) is 24.3 Å². The minimum Gasteiger partial charge on any atom is -0.452 e. The zero-order valence-electron chi connectivity index (χ0n) is 20.1. The molecule has 6 aliphatic rings. The molecule has 2 aliphatic heterocycles. The van der Waals surface area contributed by atoms with Crippen molar-refractivity contribution in [3.05, 3.63) is 29.8 Å². The van der Waals surface area contributed by atoms with Crippen molar-refractivity contribution in [3.63, 3.8) is 0 Å². The summed E-state index contributed by atoms with van der Waals surface area (Å²) in [5, 5.41) is 3.29. The number of hydrogen-bond donors (Lipinski definition) is 1. The number of amides is 1. The summed E-state index contributed by atoms with van der Waals surface area (Å²) in [5.74, 6) is 1.52. The van der Waals surface area contributed by atoms with Crippen molar-refractivity contribution >= 4 is 27.7 Å². The second kappa shape index (κ2) is 8.32. The lowest BCUT2D eigenvalue weighted by Gasteiger charge is -2.57. The Bertz CT molecular complexity index is 1160. The third kappa shape index (κ3) is 4.15. The van der Waals surface area contributed by atoms with E-state index >= 15 is 0 Å². The van der Waals surface area contributed by atoms with Crippen molar-refractivity contribution < 1.29 is 22.7 Å². The molecule has 8 nitrogen and oxygen atoms in total. The number of nitrogens with one attached hydrogen (secondary N) is 1. The van der Waals surface area contributed by atoms with E-state index in [2.05, 4.69) is 9.71 Å². The molecule has 2 atom stereocenters. The van der Waals surface area contributed by atoms with Crippen molar-refractivity contribution in [2.24, 2.45) is 28.1 Å². The van der Waals surface area contributed by atoms with E-state index in [0.717, 1.165) is 43.4 Å². The molecule has 9 heteroatoms. The number of amidine groups is 1. The Morgan fingerprint density at radius 3 is 2.46 bits per heavy atom. The van der Waals surface area contributed by atoms with Crippen LogP contribution in [0.15, 0.2) is 33.6 Å². The van der Waals surface area contributed by atoms with Crippen molar-refractivity contribution in [1.29, 1.82) is 0 Å². The first-order valence-electron chi connectivity index (χ1n) is 12.9. The van der Waals surface area contributed by atoms with Gasteiger partial charge in [0.1, 0.15) is 4.90 Å². The molecule has 0 unspecified atom stereocenters. The average molecular weight is 500 g/mol. The number of esters is 1. The van der Waals surface area contributed by atoms with Gasteiger partial charge in [0.15, 0.2) is 11.9 Å². The molecule has 1 aromatic carbocycles. The predicted molar refractivity (Wildman–Crippen MR) is 129 cm³/mol. The van der Waals surface area contributed by atoms with Crippen LogP contribution in [0.5, 0.6) is 0 Å². The van der Waals surface area contributed by atoms with Gasteiger partial charge in [0.2, 0.25) is 0 Å². The summed E-state index contributed by atoms with van der Waals surface area (Å²) in [4.78, 5) is 28.1. The fourth-order valence-electron chi connectivity index (χ4n) is 7.63. The number of ether oxygens (including phenoxy) is 1. The SMILES string of the molecule is C[C@H](OC(=O)[C@H]1CCCN(C2=NS(=O)(=O)c3ccccc32)C1)C(=O)NC12CC3CC(CC(C3)C1)C2. The minimum atomic E-state index is -3.72. The molecule has 0 spiro atoms. The molecule has 0 radical (unpaired) electrons. The molecule has 0 aromatic heterocycles. The quantitative estimate of drug-likeness (QED) is 0.639. The topological polar surface area (TPSA) is 105 Å². The van der Waals surface area contributed by atoms with Gasteiger partial charge in [-0.25, -0.2) is 0 Å². The normalized spacial score (nSPS) is 35.2. The zero-order chi connectivity index (χ0) is 24.4. The number of fused-ring (bicyclic) bond motifs is 1. The Kier molecular flexibility index (Phi) is 5.47. The maximum atomic E-state index is 13.0. The summed E-state index contributed by atoms with van der Waals surface area (Å²) in [7, 11) is -3.72. The van der Waals surface area contributed by atoms with Gasteiger partial charge in [-0.3, -0.25) is 9.59 Å². The lowest BCUT2D eigenvalue weighted by Crippen LogP contribution is -2.61. The summed E-state index contributed by atoms with van der Waals surface area (Å²) in [6, 6.07) is 6.77. The van der Waals surface area contributed by atoms with Crippen LogP contribution in [0.2, 0.25) is 0 Å². The number of rotatable bonds is 4. The van der Waals surface area contributed by atoms with Crippen molar-refractivity contribution in [2.45, 2.75) is 74.8 Å². The largest absolute Gasteiger partial charge is 0.452 e. The fraction of sp³-hybridized carbons (Fsp3) is 0.654. The van der Waals surface area contributed by atoms with Crippen molar-refractivity contribution in [1.82, 2.24) is 10.2 Å². The first-order chi connectivity index (χ1) is 16.7. The van der Waals surface area contributed by atoms with Gasteiger partial charge in [0.25, 0.3) is 15.9 Å². The molecular formula is C26H33N3O5S. The molecule has 4 bridgehead atoms. The third-order valence-corrected chi connectivity index (χ3v) is 10.1. The summed E-state index contributed by atoms with van der Waals surface area (Å²) >= 11 is 0. The van der Waals surface area contributed by atoms with Crippen LogP contribution < -0.4 is 5.32 Å². The molecule has 1 amide bonds. The van der Waals surface area contributed by atoms with Gasteiger partial charge in [-0.15, -0.1) is 4.40 Å². The van der Waals surface area contributed by atoms with Gasteiger partial charge < -0.3 is 15.0 Å². The predicted octanol–water partition coefficient (Wildman–Crippen LogP) is 2.86. The zero-order valence-corrected chi connectivity index (χ0v) is 20.9. The smallest absolute Gasteiger partial charge is 0.311 e. The summed E-state index contributed by atoms with van der Waals surface area (Å²) in [5.41, 5.74) is 0.457. The monoisotopic (exact) mass is 499 g/mol. The molecule has 1 saturated heterocycles. The maximum absolute atomic E-state index is 13.0. The Hall–Kier alpha value is -2.42. The highest BCUT2D eigenvalue weighted by molar-refractivity contribution is 7.90. The summed E-state index contributed by atoms with van der Waals surface area (Å²) in [6.07, 6.45) is 7.56. The molecule has 35 heavy (non-hydrogen) atoms. The molecule has 4 aliphatic carbocycles. The second-order valence-corrected chi connectivity index (χ2v) is 13.0. The van der Waals surface area contributed by atoms with Crippen LogP contribution >= 0.6 is 0 Å². The fourth-order valence-corrected chi connectivity index (χ4v) is 8.86. The lowest BCUT2D eigenvalue weighted by atomic mass is 9.53. The van der Waals surface area contributed by atoms with Crippen molar-refractivity contribution in [2.75, 3.05) is 13.1 Å².